The van der Waals surface area contributed by atoms with E-state index in [0.717, 1.165) is 12.3 Å². The first-order valence-corrected chi connectivity index (χ1v) is 3.71. The average molecular weight is 210 g/mol. The van der Waals surface area contributed by atoms with Crippen LogP contribution in [0.1, 0.15) is 5.69 Å². The van der Waals surface area contributed by atoms with E-state index in [9.17, 15) is 8.78 Å². The number of alkyl halides is 2. The van der Waals surface area contributed by atoms with E-state index in [4.69, 9.17) is 16.7 Å². The highest BCUT2D eigenvalue weighted by Crippen LogP contribution is 2.25. The largest absolute Gasteiger partial charge is 0.433 e. The summed E-state index contributed by atoms with van der Waals surface area (Å²) in [7, 11) is 0. The van der Waals surface area contributed by atoms with Gasteiger partial charge in [-0.2, -0.15) is 8.78 Å². The molecular weight excluding hydrogens is 204 g/mol. The number of aromatic nitrogens is 1. The van der Waals surface area contributed by atoms with Crippen molar-refractivity contribution in [1.82, 2.24) is 4.98 Å². The van der Waals surface area contributed by atoms with Crippen LogP contribution >= 0.6 is 11.6 Å². The molecule has 0 atom stereocenters. The summed E-state index contributed by atoms with van der Waals surface area (Å²) in [4.78, 5) is 3.66. The molecule has 3 nitrogen and oxygen atoms in total. The first kappa shape index (κ1) is 10.1. The lowest BCUT2D eigenvalue weighted by molar-refractivity contribution is -0.0499. The Bertz CT molecular complexity index is 296. The summed E-state index contributed by atoms with van der Waals surface area (Å²) >= 11 is 5.49. The number of ether oxygens (including phenoxy) is 1. The van der Waals surface area contributed by atoms with Crippen molar-refractivity contribution in [2.75, 3.05) is 0 Å². The Morgan fingerprint density at radius 1 is 1.62 bits per heavy atom. The Balaban J connectivity index is 2.90. The number of halogens is 3. The number of rotatable bonds is 3. The lowest BCUT2D eigenvalue weighted by atomic mass is 10.3. The molecule has 0 aromatic carbocycles. The molecule has 1 aromatic heterocycles. The molecule has 0 saturated carbocycles. The molecule has 0 aliphatic carbocycles. The fourth-order valence-corrected chi connectivity index (χ4v) is 0.881. The molecule has 0 unspecified atom stereocenters. The second-order valence-corrected chi connectivity index (χ2v) is 2.55. The fraction of sp³-hybridized carbons (Fsp3) is 0.286. The van der Waals surface area contributed by atoms with Gasteiger partial charge in [0.2, 0.25) is 0 Å². The fourth-order valence-electron chi connectivity index (χ4n) is 0.733. The second kappa shape index (κ2) is 4.34. The molecular formula is C7H6ClF2NO2. The Labute approximate surface area is 77.9 Å². The van der Waals surface area contributed by atoms with Crippen molar-refractivity contribution in [3.63, 3.8) is 0 Å². The third-order valence-electron chi connectivity index (χ3n) is 1.25. The van der Waals surface area contributed by atoms with Crippen molar-refractivity contribution >= 4 is 11.6 Å². The molecule has 1 rings (SSSR count). The highest BCUT2D eigenvalue weighted by molar-refractivity contribution is 6.31. The zero-order valence-corrected chi connectivity index (χ0v) is 7.13. The second-order valence-electron chi connectivity index (χ2n) is 2.14. The predicted octanol–water partition coefficient (Wildman–Crippen LogP) is 1.83. The van der Waals surface area contributed by atoms with Crippen LogP contribution in [0.25, 0.3) is 0 Å². The third kappa shape index (κ3) is 2.78. The van der Waals surface area contributed by atoms with Crippen molar-refractivity contribution in [1.29, 1.82) is 0 Å². The van der Waals surface area contributed by atoms with E-state index < -0.39 is 6.61 Å². The number of aliphatic hydroxyl groups is 1. The summed E-state index contributed by atoms with van der Waals surface area (Å²) in [5.41, 5.74) is 0.222. The summed E-state index contributed by atoms with van der Waals surface area (Å²) in [5.74, 6) is -0.185. The minimum Gasteiger partial charge on any atom is -0.433 e. The Morgan fingerprint density at radius 3 is 2.85 bits per heavy atom. The lowest BCUT2D eigenvalue weighted by Gasteiger charge is -2.06. The molecule has 0 fully saturated rings. The molecule has 0 bridgehead atoms. The van der Waals surface area contributed by atoms with Gasteiger partial charge in [-0.05, 0) is 0 Å². The smallest absolute Gasteiger partial charge is 0.387 e. The average Bonchev–Trinajstić information content (AvgIpc) is 2.08. The maximum atomic E-state index is 11.8. The van der Waals surface area contributed by atoms with Gasteiger partial charge in [0.05, 0.1) is 12.3 Å². The first-order chi connectivity index (χ1) is 6.13. The number of hydrogen-bond acceptors (Lipinski definition) is 3. The molecule has 0 spiro atoms. The number of pyridine rings is 1. The molecule has 1 heterocycles. The predicted molar refractivity (Wildman–Crippen MR) is 41.8 cm³/mol. The number of nitrogens with zero attached hydrogens (tertiary/aromatic N) is 1. The Morgan fingerprint density at radius 2 is 2.31 bits per heavy atom. The van der Waals surface area contributed by atoms with Gasteiger partial charge in [0.1, 0.15) is 10.8 Å². The molecule has 72 valence electrons. The van der Waals surface area contributed by atoms with E-state index >= 15 is 0 Å². The van der Waals surface area contributed by atoms with Crippen LogP contribution < -0.4 is 4.74 Å². The van der Waals surface area contributed by atoms with Crippen LogP contribution in [-0.2, 0) is 6.61 Å². The summed E-state index contributed by atoms with van der Waals surface area (Å²) in [6.07, 6.45) is 1.14. The lowest BCUT2D eigenvalue weighted by Crippen LogP contribution is -2.03. The van der Waals surface area contributed by atoms with Gasteiger partial charge in [-0.15, -0.1) is 0 Å². The van der Waals surface area contributed by atoms with Crippen LogP contribution in [0, 0.1) is 0 Å². The van der Waals surface area contributed by atoms with Crippen LogP contribution in [0.3, 0.4) is 0 Å². The Hall–Kier alpha value is -0.940. The molecule has 13 heavy (non-hydrogen) atoms. The van der Waals surface area contributed by atoms with Crippen LogP contribution in [0.4, 0.5) is 8.78 Å². The summed E-state index contributed by atoms with van der Waals surface area (Å²) in [5, 5.41) is 8.62. The van der Waals surface area contributed by atoms with Crippen LogP contribution in [-0.4, -0.2) is 16.7 Å². The minimum atomic E-state index is -2.94. The van der Waals surface area contributed by atoms with Crippen molar-refractivity contribution in [2.45, 2.75) is 13.2 Å². The van der Waals surface area contributed by atoms with Crippen molar-refractivity contribution in [3.8, 4) is 5.75 Å². The quantitative estimate of drug-likeness (QED) is 0.826. The summed E-state index contributed by atoms with van der Waals surface area (Å²) < 4.78 is 27.6. The van der Waals surface area contributed by atoms with E-state index in [1.54, 1.807) is 0 Å². The Kier molecular flexibility index (Phi) is 3.39. The molecule has 0 aliphatic rings. The molecule has 0 aliphatic heterocycles. The first-order valence-electron chi connectivity index (χ1n) is 3.33. The molecule has 0 radical (unpaired) electrons. The maximum Gasteiger partial charge on any atom is 0.387 e. The third-order valence-corrected chi connectivity index (χ3v) is 1.54. The van der Waals surface area contributed by atoms with Gasteiger partial charge in [0.25, 0.3) is 0 Å². The van der Waals surface area contributed by atoms with Gasteiger partial charge in [-0.25, -0.2) is 0 Å². The number of hydrogen-bond donors (Lipinski definition) is 1. The maximum absolute atomic E-state index is 11.8. The highest BCUT2D eigenvalue weighted by Gasteiger charge is 2.09. The standard InChI is InChI=1S/C7H6ClF2NO2/c8-5-2-11-4(3-12)1-6(5)13-7(9)10/h1-2,7,12H,3H2. The van der Waals surface area contributed by atoms with E-state index in [1.165, 1.54) is 0 Å². The van der Waals surface area contributed by atoms with E-state index in [1.807, 2.05) is 0 Å². The minimum absolute atomic E-state index is 0.0162. The molecule has 1 aromatic rings. The molecule has 6 heteroatoms. The topological polar surface area (TPSA) is 42.4 Å². The monoisotopic (exact) mass is 209 g/mol. The highest BCUT2D eigenvalue weighted by atomic mass is 35.5. The van der Waals surface area contributed by atoms with Crippen LogP contribution in [0.5, 0.6) is 5.75 Å². The van der Waals surface area contributed by atoms with Crippen LogP contribution in [0.15, 0.2) is 12.3 Å². The molecule has 0 amide bonds. The van der Waals surface area contributed by atoms with E-state index in [0.29, 0.717) is 0 Å². The van der Waals surface area contributed by atoms with Gasteiger partial charge in [0, 0.05) is 12.3 Å². The van der Waals surface area contributed by atoms with Crippen LogP contribution in [0.2, 0.25) is 5.02 Å². The number of aliphatic hydroxyl groups excluding tert-OH is 1. The van der Waals surface area contributed by atoms with Gasteiger partial charge >= 0.3 is 6.61 Å². The summed E-state index contributed by atoms with van der Waals surface area (Å²) in [6.45, 7) is -3.29. The van der Waals surface area contributed by atoms with Gasteiger partial charge in [0.15, 0.2) is 0 Å². The van der Waals surface area contributed by atoms with Crippen molar-refractivity contribution < 1.29 is 18.6 Å². The summed E-state index contributed by atoms with van der Waals surface area (Å²) in [6, 6.07) is 1.16. The van der Waals surface area contributed by atoms with Gasteiger partial charge in [-0.1, -0.05) is 11.6 Å². The zero-order chi connectivity index (χ0) is 9.84. The normalized spacial score (nSPS) is 10.5. The molecule has 1 N–H and O–H groups in total. The SMILES string of the molecule is OCc1cc(OC(F)F)c(Cl)cn1. The zero-order valence-electron chi connectivity index (χ0n) is 6.38. The van der Waals surface area contributed by atoms with E-state index in [2.05, 4.69) is 9.72 Å². The van der Waals surface area contributed by atoms with E-state index in [-0.39, 0.29) is 23.1 Å². The van der Waals surface area contributed by atoms with Gasteiger partial charge in [-0.3, -0.25) is 4.98 Å². The van der Waals surface area contributed by atoms with Gasteiger partial charge < -0.3 is 9.84 Å². The van der Waals surface area contributed by atoms with Crippen molar-refractivity contribution in [2.24, 2.45) is 0 Å². The molecule has 0 saturated heterocycles. The van der Waals surface area contributed by atoms with Crippen molar-refractivity contribution in [3.05, 3.63) is 23.0 Å².